The van der Waals surface area contributed by atoms with E-state index in [-0.39, 0.29) is 0 Å². The largest absolute Gasteiger partial charge is 0.472 e. The van der Waals surface area contributed by atoms with Crippen LogP contribution < -0.4 is 9.64 Å². The molecule has 2 atom stereocenters. The van der Waals surface area contributed by atoms with Crippen molar-refractivity contribution in [3.8, 4) is 29.2 Å². The zero-order valence-electron chi connectivity index (χ0n) is 23.5. The summed E-state index contributed by atoms with van der Waals surface area (Å²) >= 11 is 0. The Morgan fingerprint density at radius 3 is 2.21 bits per heavy atom. The highest BCUT2D eigenvalue weighted by atomic mass is 16.5. The van der Waals surface area contributed by atoms with Gasteiger partial charge < -0.3 is 14.4 Å². The van der Waals surface area contributed by atoms with E-state index in [9.17, 15) is 4.91 Å². The second kappa shape index (κ2) is 9.69. The minimum Gasteiger partial charge on any atom is -0.472 e. The molecule has 2 heterocycles. The van der Waals surface area contributed by atoms with Crippen LogP contribution in [0.15, 0.2) is 114 Å². The van der Waals surface area contributed by atoms with Crippen LogP contribution in [0.1, 0.15) is 27.8 Å². The van der Waals surface area contributed by atoms with Gasteiger partial charge in [0.2, 0.25) is 5.54 Å². The quantitative estimate of drug-likeness (QED) is 0.167. The average Bonchev–Trinajstić information content (AvgIpc) is 3.40. The smallest absolute Gasteiger partial charge is 0.214 e. The summed E-state index contributed by atoms with van der Waals surface area (Å²) < 4.78 is 12.8. The molecule has 2 unspecified atom stereocenters. The van der Waals surface area contributed by atoms with Gasteiger partial charge in [-0.3, -0.25) is 0 Å². The number of rotatable bonds is 4. The van der Waals surface area contributed by atoms with Gasteiger partial charge in [-0.2, -0.15) is 0 Å². The molecule has 5 aromatic carbocycles. The SMILES string of the molecule is C#CC1(N=O)c2ccccc2-c2c1c1c(c3ccccc23)OC(c2ccccc2)(c2ccc(N3CCOCC3)cc2)C=C1. The van der Waals surface area contributed by atoms with Crippen molar-refractivity contribution in [2.45, 2.75) is 11.1 Å². The van der Waals surface area contributed by atoms with Gasteiger partial charge in [0, 0.05) is 52.0 Å². The molecule has 208 valence electrons. The molecule has 1 saturated heterocycles. The molecule has 5 aromatic rings. The Morgan fingerprint density at radius 2 is 1.47 bits per heavy atom. The van der Waals surface area contributed by atoms with E-state index in [0.717, 1.165) is 76.1 Å². The number of fused-ring (bicyclic) bond motifs is 8. The van der Waals surface area contributed by atoms with Crippen LogP contribution in [0.5, 0.6) is 5.75 Å². The van der Waals surface area contributed by atoms with Crippen molar-refractivity contribution in [2.24, 2.45) is 5.18 Å². The van der Waals surface area contributed by atoms with Gasteiger partial charge >= 0.3 is 0 Å². The molecule has 3 aliphatic rings. The zero-order valence-corrected chi connectivity index (χ0v) is 23.5. The number of nitrogens with zero attached hydrogens (tertiary/aromatic N) is 2. The molecule has 0 N–H and O–H groups in total. The number of terminal acetylenes is 1. The number of hydrogen-bond acceptors (Lipinski definition) is 5. The van der Waals surface area contributed by atoms with Crippen molar-refractivity contribution < 1.29 is 9.47 Å². The summed E-state index contributed by atoms with van der Waals surface area (Å²) in [5.41, 5.74) is 4.90. The highest BCUT2D eigenvalue weighted by Crippen LogP contribution is 2.58. The standard InChI is InChI=1S/C38H28N2O3/c1-2-37(39-41)33-15-9-8-14-31(33)34-29-12-6-7-13-30(29)36-32(35(34)37)20-21-38(43-36,26-10-4-3-5-11-26)27-16-18-28(19-17-27)40-22-24-42-25-23-40/h1,3-21H,22-25H2. The molecule has 0 saturated carbocycles. The van der Waals surface area contributed by atoms with E-state index < -0.39 is 11.1 Å². The second-order valence-electron chi connectivity index (χ2n) is 11.2. The lowest BCUT2D eigenvalue weighted by molar-refractivity contribution is 0.122. The molecule has 0 bridgehead atoms. The average molecular weight is 561 g/mol. The summed E-state index contributed by atoms with van der Waals surface area (Å²) in [5.74, 6) is 3.48. The first-order valence-corrected chi connectivity index (χ1v) is 14.6. The molecular weight excluding hydrogens is 532 g/mol. The maximum absolute atomic E-state index is 12.8. The Morgan fingerprint density at radius 1 is 0.791 bits per heavy atom. The van der Waals surface area contributed by atoms with E-state index in [1.807, 2.05) is 54.6 Å². The van der Waals surface area contributed by atoms with E-state index >= 15 is 0 Å². The molecule has 0 aromatic heterocycles. The molecule has 5 nitrogen and oxygen atoms in total. The Kier molecular flexibility index (Phi) is 5.75. The summed E-state index contributed by atoms with van der Waals surface area (Å²) in [4.78, 5) is 15.1. The van der Waals surface area contributed by atoms with Crippen LogP contribution >= 0.6 is 0 Å². The van der Waals surface area contributed by atoms with Gasteiger partial charge in [-0.25, -0.2) is 0 Å². The predicted octanol–water partition coefficient (Wildman–Crippen LogP) is 7.65. The number of anilines is 1. The van der Waals surface area contributed by atoms with E-state index in [4.69, 9.17) is 15.9 Å². The van der Waals surface area contributed by atoms with Crippen LogP contribution in [0.3, 0.4) is 0 Å². The summed E-state index contributed by atoms with van der Waals surface area (Å²) in [6, 6.07) is 34.9. The molecule has 1 fully saturated rings. The number of ether oxygens (including phenoxy) is 2. The van der Waals surface area contributed by atoms with Gasteiger partial charge in [-0.15, -0.1) is 11.3 Å². The highest BCUT2D eigenvalue weighted by molar-refractivity contribution is 6.09. The molecule has 1 aliphatic carbocycles. The van der Waals surface area contributed by atoms with Crippen LogP contribution in [0.25, 0.3) is 28.0 Å². The monoisotopic (exact) mass is 560 g/mol. The number of benzene rings is 5. The third-order valence-electron chi connectivity index (χ3n) is 9.12. The van der Waals surface area contributed by atoms with Crippen molar-refractivity contribution in [3.05, 3.63) is 142 Å². The number of nitroso groups, excluding NO2 is 1. The van der Waals surface area contributed by atoms with Crippen molar-refractivity contribution in [3.63, 3.8) is 0 Å². The topological polar surface area (TPSA) is 51.1 Å². The van der Waals surface area contributed by atoms with Crippen molar-refractivity contribution >= 4 is 22.5 Å². The lowest BCUT2D eigenvalue weighted by atomic mass is 9.79. The summed E-state index contributed by atoms with van der Waals surface area (Å²) in [6.07, 6.45) is 10.4. The Balaban J connectivity index is 1.38. The van der Waals surface area contributed by atoms with Crippen molar-refractivity contribution in [1.82, 2.24) is 0 Å². The first kappa shape index (κ1) is 25.5. The van der Waals surface area contributed by atoms with Gasteiger partial charge in [0.05, 0.1) is 13.2 Å². The Bertz CT molecular complexity index is 1970. The number of hydrogen-bond donors (Lipinski definition) is 0. The number of morpholine rings is 1. The van der Waals surface area contributed by atoms with Gasteiger partial charge in [-0.05, 0) is 39.9 Å². The fourth-order valence-corrected chi connectivity index (χ4v) is 7.07. The first-order chi connectivity index (χ1) is 21.2. The van der Waals surface area contributed by atoms with E-state index in [1.54, 1.807) is 0 Å². The molecule has 0 radical (unpaired) electrons. The van der Waals surface area contributed by atoms with Crippen molar-refractivity contribution in [2.75, 3.05) is 31.2 Å². The molecule has 8 rings (SSSR count). The Labute approximate surface area is 250 Å². The third-order valence-corrected chi connectivity index (χ3v) is 9.12. The molecule has 2 aliphatic heterocycles. The maximum atomic E-state index is 12.8. The third kappa shape index (κ3) is 3.57. The Hall–Kier alpha value is -5.18. The molecule has 43 heavy (non-hydrogen) atoms. The second-order valence-corrected chi connectivity index (χ2v) is 11.2. The maximum Gasteiger partial charge on any atom is 0.214 e. The summed E-state index contributed by atoms with van der Waals surface area (Å²) in [7, 11) is 0. The van der Waals surface area contributed by atoms with Gasteiger partial charge in [-0.1, -0.05) is 103 Å². The van der Waals surface area contributed by atoms with Crippen LogP contribution in [-0.4, -0.2) is 26.3 Å². The lowest BCUT2D eigenvalue weighted by Crippen LogP contribution is -2.37. The zero-order chi connectivity index (χ0) is 29.0. The van der Waals surface area contributed by atoms with Crippen molar-refractivity contribution in [1.29, 1.82) is 0 Å². The van der Waals surface area contributed by atoms with E-state index in [2.05, 4.69) is 76.7 Å². The molecule has 0 amide bonds. The minimum absolute atomic E-state index is 0.689. The highest BCUT2D eigenvalue weighted by Gasteiger charge is 2.49. The summed E-state index contributed by atoms with van der Waals surface area (Å²) in [6.45, 7) is 3.20. The first-order valence-electron chi connectivity index (χ1n) is 14.6. The fraction of sp³-hybridized carbons (Fsp3) is 0.158. The lowest BCUT2D eigenvalue weighted by Gasteiger charge is -2.38. The minimum atomic E-state index is -1.46. The van der Waals surface area contributed by atoms with Gasteiger partial charge in [0.15, 0.2) is 5.60 Å². The molecular formula is C38H28N2O3. The van der Waals surface area contributed by atoms with Gasteiger partial charge in [0.1, 0.15) is 5.75 Å². The summed E-state index contributed by atoms with van der Waals surface area (Å²) in [5, 5.41) is 5.59. The van der Waals surface area contributed by atoms with Gasteiger partial charge in [0.25, 0.3) is 0 Å². The van der Waals surface area contributed by atoms with Crippen LogP contribution in [-0.2, 0) is 15.9 Å². The van der Waals surface area contributed by atoms with Crippen LogP contribution in [0.4, 0.5) is 5.69 Å². The predicted molar refractivity (Wildman–Crippen MR) is 171 cm³/mol. The molecule has 0 spiro atoms. The fourth-order valence-electron chi connectivity index (χ4n) is 7.07. The van der Waals surface area contributed by atoms with E-state index in [1.165, 1.54) is 0 Å². The molecule has 5 heteroatoms. The normalized spacial score (nSPS) is 21.8. The van der Waals surface area contributed by atoms with E-state index in [0.29, 0.717) is 11.3 Å². The van der Waals surface area contributed by atoms with Crippen LogP contribution in [0.2, 0.25) is 0 Å². The van der Waals surface area contributed by atoms with Crippen LogP contribution in [0, 0.1) is 17.3 Å².